The summed E-state index contributed by atoms with van der Waals surface area (Å²) in [6, 6.07) is 5.36. The predicted octanol–water partition coefficient (Wildman–Crippen LogP) is 1.74. The van der Waals surface area contributed by atoms with E-state index in [2.05, 4.69) is 0 Å². The molecule has 0 unspecified atom stereocenters. The average Bonchev–Trinajstić information content (AvgIpc) is 2.52. The summed E-state index contributed by atoms with van der Waals surface area (Å²) in [6.07, 6.45) is 0.203. The number of carbonyl (C=O) groups excluding carboxylic acids is 2. The summed E-state index contributed by atoms with van der Waals surface area (Å²) in [5.74, 6) is -0.830. The highest BCUT2D eigenvalue weighted by atomic mass is 16.6. The van der Waals surface area contributed by atoms with Crippen LogP contribution >= 0.6 is 0 Å². The number of benzene rings is 1. The predicted molar refractivity (Wildman–Crippen MR) is 77.9 cm³/mol. The van der Waals surface area contributed by atoms with E-state index >= 15 is 0 Å². The molecular formula is C16H20O6. The Kier molecular flexibility index (Phi) is 5.63. The fraction of sp³-hybridized carbons (Fsp3) is 0.500. The van der Waals surface area contributed by atoms with E-state index in [1.54, 1.807) is 32.0 Å². The van der Waals surface area contributed by atoms with Crippen LogP contribution in [0, 0.1) is 5.92 Å². The van der Waals surface area contributed by atoms with Crippen molar-refractivity contribution in [2.24, 2.45) is 5.92 Å². The van der Waals surface area contributed by atoms with E-state index in [-0.39, 0.29) is 19.6 Å². The molecule has 2 rings (SSSR count). The number of hydrogen-bond acceptors (Lipinski definition) is 6. The molecule has 6 nitrogen and oxygen atoms in total. The molecule has 0 amide bonds. The molecule has 0 fully saturated rings. The SMILES string of the molecule is CCOC(=O)C(Cc1ccc2c(c1)OCCO2)C(=O)OCC. The van der Waals surface area contributed by atoms with Crippen molar-refractivity contribution in [3.63, 3.8) is 0 Å². The van der Waals surface area contributed by atoms with Crippen LogP contribution < -0.4 is 9.47 Å². The van der Waals surface area contributed by atoms with Crippen molar-refractivity contribution >= 4 is 11.9 Å². The van der Waals surface area contributed by atoms with E-state index in [0.29, 0.717) is 24.7 Å². The number of rotatable bonds is 6. The van der Waals surface area contributed by atoms with Crippen LogP contribution in [0.25, 0.3) is 0 Å². The number of fused-ring (bicyclic) bond motifs is 1. The Morgan fingerprint density at radius 2 is 1.64 bits per heavy atom. The minimum absolute atomic E-state index is 0.203. The molecule has 0 bridgehead atoms. The molecule has 0 spiro atoms. The van der Waals surface area contributed by atoms with Crippen molar-refractivity contribution < 1.29 is 28.5 Å². The highest BCUT2D eigenvalue weighted by Crippen LogP contribution is 2.31. The highest BCUT2D eigenvalue weighted by Gasteiger charge is 2.30. The number of esters is 2. The molecule has 22 heavy (non-hydrogen) atoms. The Morgan fingerprint density at radius 1 is 1.05 bits per heavy atom. The van der Waals surface area contributed by atoms with Gasteiger partial charge in [0.05, 0.1) is 13.2 Å². The summed E-state index contributed by atoms with van der Waals surface area (Å²) in [5.41, 5.74) is 0.787. The first-order valence-corrected chi connectivity index (χ1v) is 7.37. The molecule has 0 N–H and O–H groups in total. The van der Waals surface area contributed by atoms with Crippen LogP contribution in [0.2, 0.25) is 0 Å². The van der Waals surface area contributed by atoms with E-state index in [1.165, 1.54) is 0 Å². The molecule has 0 atom stereocenters. The lowest BCUT2D eigenvalue weighted by Gasteiger charge is -2.20. The van der Waals surface area contributed by atoms with Gasteiger partial charge in [-0.1, -0.05) is 6.07 Å². The quantitative estimate of drug-likeness (QED) is 0.589. The summed E-state index contributed by atoms with van der Waals surface area (Å²) < 4.78 is 20.9. The summed E-state index contributed by atoms with van der Waals surface area (Å²) in [5, 5.41) is 0. The first-order chi connectivity index (χ1) is 10.7. The third-order valence-corrected chi connectivity index (χ3v) is 3.19. The maximum Gasteiger partial charge on any atom is 0.320 e. The van der Waals surface area contributed by atoms with Crippen LogP contribution in [0.4, 0.5) is 0 Å². The second kappa shape index (κ2) is 7.68. The molecule has 0 radical (unpaired) electrons. The Hall–Kier alpha value is -2.24. The smallest absolute Gasteiger partial charge is 0.320 e. The zero-order valence-corrected chi connectivity index (χ0v) is 12.8. The van der Waals surface area contributed by atoms with E-state index < -0.39 is 17.9 Å². The normalized spacial score (nSPS) is 12.9. The van der Waals surface area contributed by atoms with Gasteiger partial charge in [-0.3, -0.25) is 9.59 Å². The second-order valence-corrected chi connectivity index (χ2v) is 4.74. The fourth-order valence-corrected chi connectivity index (χ4v) is 2.20. The summed E-state index contributed by atoms with van der Waals surface area (Å²) in [7, 11) is 0. The minimum atomic E-state index is -0.970. The Balaban J connectivity index is 2.15. The van der Waals surface area contributed by atoms with Crippen molar-refractivity contribution in [2.45, 2.75) is 20.3 Å². The van der Waals surface area contributed by atoms with Crippen molar-refractivity contribution in [3.8, 4) is 11.5 Å². The molecule has 120 valence electrons. The Labute approximate surface area is 129 Å². The maximum absolute atomic E-state index is 12.0. The third kappa shape index (κ3) is 3.90. The Morgan fingerprint density at radius 3 is 2.23 bits per heavy atom. The van der Waals surface area contributed by atoms with Gasteiger partial charge in [0, 0.05) is 0 Å². The number of ether oxygens (including phenoxy) is 4. The van der Waals surface area contributed by atoms with Crippen LogP contribution in [-0.4, -0.2) is 38.4 Å². The van der Waals surface area contributed by atoms with Crippen LogP contribution in [0.5, 0.6) is 11.5 Å². The van der Waals surface area contributed by atoms with Gasteiger partial charge in [0.15, 0.2) is 17.4 Å². The van der Waals surface area contributed by atoms with E-state index in [9.17, 15) is 9.59 Å². The van der Waals surface area contributed by atoms with Gasteiger partial charge in [-0.15, -0.1) is 0 Å². The first kappa shape index (κ1) is 16.1. The molecule has 1 aliphatic rings. The van der Waals surface area contributed by atoms with Crippen molar-refractivity contribution in [1.82, 2.24) is 0 Å². The van der Waals surface area contributed by atoms with Gasteiger partial charge in [-0.05, 0) is 38.0 Å². The van der Waals surface area contributed by atoms with Crippen molar-refractivity contribution in [2.75, 3.05) is 26.4 Å². The van der Waals surface area contributed by atoms with Crippen molar-refractivity contribution in [1.29, 1.82) is 0 Å². The molecule has 1 heterocycles. The second-order valence-electron chi connectivity index (χ2n) is 4.74. The van der Waals surface area contributed by atoms with Crippen molar-refractivity contribution in [3.05, 3.63) is 23.8 Å². The standard InChI is InChI=1S/C16H20O6/c1-3-19-15(17)12(16(18)20-4-2)9-11-5-6-13-14(10-11)22-8-7-21-13/h5-6,10,12H,3-4,7-9H2,1-2H3. The van der Waals surface area contributed by atoms with Gasteiger partial charge in [0.2, 0.25) is 0 Å². The summed E-state index contributed by atoms with van der Waals surface area (Å²) >= 11 is 0. The summed E-state index contributed by atoms with van der Waals surface area (Å²) in [4.78, 5) is 23.9. The Bertz CT molecular complexity index is 521. The topological polar surface area (TPSA) is 71.1 Å². The lowest BCUT2D eigenvalue weighted by Crippen LogP contribution is -2.30. The van der Waals surface area contributed by atoms with Crippen LogP contribution in [0.3, 0.4) is 0 Å². The van der Waals surface area contributed by atoms with E-state index in [4.69, 9.17) is 18.9 Å². The van der Waals surface area contributed by atoms with Gasteiger partial charge < -0.3 is 18.9 Å². The van der Waals surface area contributed by atoms with Gasteiger partial charge in [0.1, 0.15) is 13.2 Å². The third-order valence-electron chi connectivity index (χ3n) is 3.19. The lowest BCUT2D eigenvalue weighted by molar-refractivity contribution is -0.161. The van der Waals surface area contributed by atoms with Gasteiger partial charge in [-0.2, -0.15) is 0 Å². The molecule has 1 aromatic rings. The molecule has 0 saturated carbocycles. The number of hydrogen-bond donors (Lipinski definition) is 0. The van der Waals surface area contributed by atoms with Gasteiger partial charge >= 0.3 is 11.9 Å². The highest BCUT2D eigenvalue weighted by molar-refractivity contribution is 5.95. The first-order valence-electron chi connectivity index (χ1n) is 7.37. The lowest BCUT2D eigenvalue weighted by atomic mass is 9.99. The zero-order chi connectivity index (χ0) is 15.9. The van der Waals surface area contributed by atoms with Crippen LogP contribution in [0.15, 0.2) is 18.2 Å². The molecule has 1 aromatic carbocycles. The molecule has 6 heteroatoms. The largest absolute Gasteiger partial charge is 0.486 e. The molecule has 0 aromatic heterocycles. The zero-order valence-electron chi connectivity index (χ0n) is 12.8. The molecule has 0 aliphatic carbocycles. The average molecular weight is 308 g/mol. The monoisotopic (exact) mass is 308 g/mol. The summed E-state index contributed by atoms with van der Waals surface area (Å²) in [6.45, 7) is 4.83. The van der Waals surface area contributed by atoms with Gasteiger partial charge in [-0.25, -0.2) is 0 Å². The van der Waals surface area contributed by atoms with E-state index in [0.717, 1.165) is 5.56 Å². The molecular weight excluding hydrogens is 288 g/mol. The van der Waals surface area contributed by atoms with E-state index in [1.807, 2.05) is 0 Å². The van der Waals surface area contributed by atoms with Crippen LogP contribution in [0.1, 0.15) is 19.4 Å². The number of carbonyl (C=O) groups is 2. The van der Waals surface area contributed by atoms with Gasteiger partial charge in [0.25, 0.3) is 0 Å². The maximum atomic E-state index is 12.0. The molecule has 1 aliphatic heterocycles. The molecule has 0 saturated heterocycles. The van der Waals surface area contributed by atoms with Crippen LogP contribution in [-0.2, 0) is 25.5 Å². The fourth-order valence-electron chi connectivity index (χ4n) is 2.20. The minimum Gasteiger partial charge on any atom is -0.486 e.